The van der Waals surface area contributed by atoms with E-state index in [0.717, 1.165) is 0 Å². The summed E-state index contributed by atoms with van der Waals surface area (Å²) in [5.41, 5.74) is 0.242. The summed E-state index contributed by atoms with van der Waals surface area (Å²) in [5.74, 6) is -0.610. The van der Waals surface area contributed by atoms with E-state index in [9.17, 15) is 18.0 Å². The predicted molar refractivity (Wildman–Crippen MR) is 120 cm³/mol. The number of carbonyl (C=O) groups excluding carboxylic acids is 2. The molecule has 7 nitrogen and oxygen atoms in total. The van der Waals surface area contributed by atoms with Crippen molar-refractivity contribution in [2.24, 2.45) is 5.92 Å². The maximum atomic E-state index is 12.7. The number of benzene rings is 2. The van der Waals surface area contributed by atoms with E-state index in [4.69, 9.17) is 23.2 Å². The summed E-state index contributed by atoms with van der Waals surface area (Å²) < 4.78 is 26.8. The van der Waals surface area contributed by atoms with Crippen molar-refractivity contribution in [1.82, 2.24) is 14.9 Å². The van der Waals surface area contributed by atoms with Gasteiger partial charge in [-0.2, -0.15) is 4.31 Å². The van der Waals surface area contributed by atoms with E-state index in [1.165, 1.54) is 16.4 Å². The van der Waals surface area contributed by atoms with E-state index in [1.807, 2.05) is 0 Å². The molecule has 1 aliphatic heterocycles. The van der Waals surface area contributed by atoms with Crippen LogP contribution in [0.1, 0.15) is 23.2 Å². The molecule has 1 aliphatic rings. The molecular weight excluding hydrogens is 461 g/mol. The minimum Gasteiger partial charge on any atom is -0.354 e. The Morgan fingerprint density at radius 3 is 2.32 bits per heavy atom. The molecule has 2 N–H and O–H groups in total. The van der Waals surface area contributed by atoms with Gasteiger partial charge in [-0.25, -0.2) is 8.42 Å². The molecule has 0 spiro atoms. The van der Waals surface area contributed by atoms with Gasteiger partial charge in [0.1, 0.15) is 0 Å². The SMILES string of the molecule is O=C(CNC(=O)c1ccc(Cl)cc1Cl)NCC1CCN(S(=O)(=O)c2ccccc2)CC1. The Morgan fingerprint density at radius 2 is 1.68 bits per heavy atom. The lowest BCUT2D eigenvalue weighted by Crippen LogP contribution is -2.43. The molecule has 166 valence electrons. The van der Waals surface area contributed by atoms with Crippen LogP contribution in [0.25, 0.3) is 0 Å². The first-order chi connectivity index (χ1) is 14.8. The minimum absolute atomic E-state index is 0.174. The smallest absolute Gasteiger partial charge is 0.253 e. The molecule has 3 rings (SSSR count). The summed E-state index contributed by atoms with van der Waals surface area (Å²) in [4.78, 5) is 24.5. The largest absolute Gasteiger partial charge is 0.354 e. The normalized spacial score (nSPS) is 15.4. The summed E-state index contributed by atoms with van der Waals surface area (Å²) in [7, 11) is -3.49. The summed E-state index contributed by atoms with van der Waals surface area (Å²) >= 11 is 11.8. The molecule has 1 heterocycles. The van der Waals surface area contributed by atoms with E-state index in [2.05, 4.69) is 10.6 Å². The number of piperidine rings is 1. The molecule has 2 aromatic carbocycles. The number of amides is 2. The van der Waals surface area contributed by atoms with Gasteiger partial charge >= 0.3 is 0 Å². The molecule has 0 radical (unpaired) electrons. The highest BCUT2D eigenvalue weighted by atomic mass is 35.5. The number of nitrogens with zero attached hydrogens (tertiary/aromatic N) is 1. The number of rotatable bonds is 7. The fraction of sp³-hybridized carbons (Fsp3) is 0.333. The molecule has 0 aromatic heterocycles. The van der Waals surface area contributed by atoms with Crippen molar-refractivity contribution in [3.63, 3.8) is 0 Å². The third kappa shape index (κ3) is 6.20. The van der Waals surface area contributed by atoms with Crippen LogP contribution in [0.4, 0.5) is 0 Å². The van der Waals surface area contributed by atoms with Crippen molar-refractivity contribution < 1.29 is 18.0 Å². The van der Waals surface area contributed by atoms with Crippen LogP contribution in [0.15, 0.2) is 53.4 Å². The number of hydrogen-bond donors (Lipinski definition) is 2. The van der Waals surface area contributed by atoms with Crippen LogP contribution in [0, 0.1) is 5.92 Å². The van der Waals surface area contributed by atoms with Crippen LogP contribution in [0.2, 0.25) is 10.0 Å². The van der Waals surface area contributed by atoms with Crippen LogP contribution < -0.4 is 10.6 Å². The van der Waals surface area contributed by atoms with Crippen LogP contribution in [0.3, 0.4) is 0 Å². The lowest BCUT2D eigenvalue weighted by atomic mass is 9.98. The maximum absolute atomic E-state index is 12.7. The van der Waals surface area contributed by atoms with Gasteiger partial charge in [0.25, 0.3) is 5.91 Å². The van der Waals surface area contributed by atoms with Crippen LogP contribution in [-0.4, -0.2) is 50.7 Å². The quantitative estimate of drug-likeness (QED) is 0.632. The first kappa shape index (κ1) is 23.5. The Morgan fingerprint density at radius 1 is 1.00 bits per heavy atom. The molecule has 0 bridgehead atoms. The average molecular weight is 484 g/mol. The molecular formula is C21H23Cl2N3O4S. The van der Waals surface area contributed by atoms with Gasteiger partial charge < -0.3 is 10.6 Å². The number of hydrogen-bond acceptors (Lipinski definition) is 4. The van der Waals surface area contributed by atoms with Crippen molar-refractivity contribution in [2.45, 2.75) is 17.7 Å². The molecule has 0 atom stereocenters. The van der Waals surface area contributed by atoms with Gasteiger partial charge in [0.15, 0.2) is 0 Å². The average Bonchev–Trinajstić information content (AvgIpc) is 2.77. The fourth-order valence-corrected chi connectivity index (χ4v) is 5.33. The Labute approximate surface area is 191 Å². The maximum Gasteiger partial charge on any atom is 0.253 e. The Kier molecular flexibility index (Phi) is 7.94. The van der Waals surface area contributed by atoms with Crippen LogP contribution >= 0.6 is 23.2 Å². The summed E-state index contributed by atoms with van der Waals surface area (Å²) in [6.45, 7) is 1.06. The first-order valence-corrected chi connectivity index (χ1v) is 12.0. The third-order valence-electron chi connectivity index (χ3n) is 5.13. The van der Waals surface area contributed by atoms with Crippen molar-refractivity contribution in [1.29, 1.82) is 0 Å². The molecule has 1 saturated heterocycles. The first-order valence-electron chi connectivity index (χ1n) is 9.82. The van der Waals surface area contributed by atoms with Gasteiger partial charge in [-0.1, -0.05) is 41.4 Å². The highest BCUT2D eigenvalue weighted by Gasteiger charge is 2.29. The van der Waals surface area contributed by atoms with Crippen molar-refractivity contribution in [2.75, 3.05) is 26.2 Å². The van der Waals surface area contributed by atoms with Gasteiger partial charge in [0, 0.05) is 24.7 Å². The van der Waals surface area contributed by atoms with E-state index in [1.54, 1.807) is 36.4 Å². The lowest BCUT2D eigenvalue weighted by Gasteiger charge is -2.31. The van der Waals surface area contributed by atoms with Crippen LogP contribution in [0.5, 0.6) is 0 Å². The molecule has 2 aromatic rings. The van der Waals surface area contributed by atoms with Gasteiger partial charge in [-0.05, 0) is 49.1 Å². The second-order valence-electron chi connectivity index (χ2n) is 7.27. The van der Waals surface area contributed by atoms with Crippen molar-refractivity contribution in [3.8, 4) is 0 Å². The topological polar surface area (TPSA) is 95.6 Å². The predicted octanol–water partition coefficient (Wildman–Crippen LogP) is 2.94. The van der Waals surface area contributed by atoms with Gasteiger partial charge in [-0.3, -0.25) is 9.59 Å². The zero-order chi connectivity index (χ0) is 22.4. The summed E-state index contributed by atoms with van der Waals surface area (Å²) in [5, 5.41) is 5.95. The highest BCUT2D eigenvalue weighted by molar-refractivity contribution is 7.89. The zero-order valence-electron chi connectivity index (χ0n) is 16.7. The number of halogens is 2. The van der Waals surface area contributed by atoms with Gasteiger partial charge in [0.2, 0.25) is 15.9 Å². The monoisotopic (exact) mass is 483 g/mol. The summed E-state index contributed by atoms with van der Waals surface area (Å²) in [6, 6.07) is 12.9. The van der Waals surface area contributed by atoms with E-state index in [-0.39, 0.29) is 29.0 Å². The van der Waals surface area contributed by atoms with E-state index in [0.29, 0.717) is 42.4 Å². The standard InChI is InChI=1S/C21H23Cl2N3O4S/c22-16-6-7-18(19(23)12-16)21(28)25-14-20(27)24-13-15-8-10-26(11-9-15)31(29,30)17-4-2-1-3-5-17/h1-7,12,15H,8-11,13-14H2,(H,24,27)(H,25,28). The number of carbonyl (C=O) groups is 2. The summed E-state index contributed by atoms with van der Waals surface area (Å²) in [6.07, 6.45) is 1.30. The lowest BCUT2D eigenvalue weighted by molar-refractivity contribution is -0.120. The Balaban J connectivity index is 1.41. The molecule has 2 amide bonds. The van der Waals surface area contributed by atoms with Gasteiger partial charge in [-0.15, -0.1) is 0 Å². The zero-order valence-corrected chi connectivity index (χ0v) is 19.0. The van der Waals surface area contributed by atoms with E-state index < -0.39 is 15.9 Å². The van der Waals surface area contributed by atoms with Crippen molar-refractivity contribution in [3.05, 3.63) is 64.1 Å². The van der Waals surface area contributed by atoms with Crippen molar-refractivity contribution >= 4 is 45.0 Å². The molecule has 0 saturated carbocycles. The third-order valence-corrected chi connectivity index (χ3v) is 7.59. The van der Waals surface area contributed by atoms with Gasteiger partial charge in [0.05, 0.1) is 22.0 Å². The number of nitrogens with one attached hydrogen (secondary N) is 2. The fourth-order valence-electron chi connectivity index (χ4n) is 3.35. The second kappa shape index (κ2) is 10.5. The molecule has 1 fully saturated rings. The molecule has 0 aliphatic carbocycles. The second-order valence-corrected chi connectivity index (χ2v) is 10.1. The molecule has 31 heavy (non-hydrogen) atoms. The Bertz CT molecular complexity index is 1040. The molecule has 0 unspecified atom stereocenters. The highest BCUT2D eigenvalue weighted by Crippen LogP contribution is 2.23. The molecule has 10 heteroatoms. The number of sulfonamides is 1. The minimum atomic E-state index is -3.49. The Hall–Kier alpha value is -2.13. The van der Waals surface area contributed by atoms with Crippen LogP contribution in [-0.2, 0) is 14.8 Å². The van der Waals surface area contributed by atoms with E-state index >= 15 is 0 Å².